The summed E-state index contributed by atoms with van der Waals surface area (Å²) in [4.78, 5) is 31.7. The van der Waals surface area contributed by atoms with Crippen molar-refractivity contribution < 1.29 is 39.5 Å². The Morgan fingerprint density at radius 3 is 1.36 bits per heavy atom. The highest BCUT2D eigenvalue weighted by Crippen LogP contribution is 2.27. The molecule has 0 bridgehead atoms. The van der Waals surface area contributed by atoms with Gasteiger partial charge in [0, 0.05) is 24.8 Å². The van der Waals surface area contributed by atoms with E-state index >= 15 is 0 Å². The van der Waals surface area contributed by atoms with E-state index in [0.29, 0.717) is 0 Å². The second kappa shape index (κ2) is 8.40. The van der Waals surface area contributed by atoms with E-state index in [1.807, 2.05) is 0 Å². The average Bonchev–Trinajstić information content (AvgIpc) is 2.73. The molecule has 0 spiro atoms. The van der Waals surface area contributed by atoms with E-state index < -0.39 is 48.6 Å². The van der Waals surface area contributed by atoms with Gasteiger partial charge in [-0.05, 0) is 24.3 Å². The maximum absolute atomic E-state index is 12.1. The third-order valence-corrected chi connectivity index (χ3v) is 4.33. The molecule has 6 atom stereocenters. The predicted molar refractivity (Wildman–Crippen MR) is 90.9 cm³/mol. The molecule has 2 aromatic rings. The Morgan fingerprint density at radius 1 is 0.714 bits per heavy atom. The summed E-state index contributed by atoms with van der Waals surface area (Å²) in [6, 6.07) is 5.79. The molecule has 1 saturated carbocycles. The number of aliphatic hydroxyl groups is 4. The molecule has 3 rings (SSSR count). The van der Waals surface area contributed by atoms with Gasteiger partial charge >= 0.3 is 11.9 Å². The number of aromatic nitrogens is 2. The van der Waals surface area contributed by atoms with E-state index in [2.05, 4.69) is 9.97 Å². The fourth-order valence-corrected chi connectivity index (χ4v) is 2.81. The van der Waals surface area contributed by atoms with Gasteiger partial charge in [0.05, 0.1) is 11.1 Å². The highest BCUT2D eigenvalue weighted by Gasteiger charge is 2.52. The number of esters is 2. The van der Waals surface area contributed by atoms with Crippen LogP contribution in [0.15, 0.2) is 49.1 Å². The normalized spacial score (nSPS) is 29.7. The number of hydrogen-bond donors (Lipinski definition) is 4. The van der Waals surface area contributed by atoms with Crippen molar-refractivity contribution in [1.82, 2.24) is 9.97 Å². The summed E-state index contributed by atoms with van der Waals surface area (Å²) < 4.78 is 10.1. The van der Waals surface area contributed by atoms with Crippen LogP contribution < -0.4 is 0 Å². The van der Waals surface area contributed by atoms with Crippen LogP contribution in [0.25, 0.3) is 0 Å². The molecule has 0 radical (unpaired) electrons. The van der Waals surface area contributed by atoms with Gasteiger partial charge in [-0.15, -0.1) is 0 Å². The molecule has 1 aliphatic rings. The van der Waals surface area contributed by atoms with Crippen molar-refractivity contribution in [3.8, 4) is 0 Å². The zero-order valence-electron chi connectivity index (χ0n) is 14.4. The first-order valence-corrected chi connectivity index (χ1v) is 8.34. The third-order valence-electron chi connectivity index (χ3n) is 4.33. The van der Waals surface area contributed by atoms with Gasteiger partial charge in [0.1, 0.15) is 24.4 Å². The molecular formula is C18H18N2O8. The van der Waals surface area contributed by atoms with Crippen molar-refractivity contribution in [1.29, 1.82) is 0 Å². The van der Waals surface area contributed by atoms with Gasteiger partial charge < -0.3 is 29.9 Å². The number of pyridine rings is 2. The number of ether oxygens (including phenoxy) is 2. The number of nitrogens with zero attached hydrogens (tertiary/aromatic N) is 2. The summed E-state index contributed by atoms with van der Waals surface area (Å²) >= 11 is 0. The molecule has 1 aliphatic carbocycles. The number of carbonyl (C=O) groups is 2. The van der Waals surface area contributed by atoms with E-state index in [1.165, 1.54) is 49.1 Å². The minimum atomic E-state index is -1.81. The standard InChI is InChI=1S/C18H18N2O8/c21-11-13(23)16(28-18(26)10-4-2-6-20-8-10)14(24)12(22)15(11)27-17(25)9-3-1-5-19-7-9/h1-8,11-16,21-24H/t11-,12+,13+,14-,15?,16?. The summed E-state index contributed by atoms with van der Waals surface area (Å²) in [6.45, 7) is 0. The molecule has 28 heavy (non-hydrogen) atoms. The highest BCUT2D eigenvalue weighted by atomic mass is 16.6. The molecule has 0 aromatic carbocycles. The smallest absolute Gasteiger partial charge is 0.340 e. The summed E-state index contributed by atoms with van der Waals surface area (Å²) in [7, 11) is 0. The molecule has 10 heteroatoms. The second-order valence-electron chi connectivity index (χ2n) is 6.19. The van der Waals surface area contributed by atoms with Crippen molar-refractivity contribution in [2.45, 2.75) is 36.6 Å². The first-order valence-electron chi connectivity index (χ1n) is 8.34. The number of carbonyl (C=O) groups excluding carboxylic acids is 2. The Balaban J connectivity index is 1.72. The quantitative estimate of drug-likeness (QED) is 0.461. The number of aliphatic hydroxyl groups excluding tert-OH is 4. The monoisotopic (exact) mass is 390 g/mol. The summed E-state index contributed by atoms with van der Waals surface area (Å²) in [5.74, 6) is -1.83. The van der Waals surface area contributed by atoms with Gasteiger partial charge in [-0.1, -0.05) is 0 Å². The Kier molecular flexibility index (Phi) is 5.95. The molecule has 0 saturated heterocycles. The lowest BCUT2D eigenvalue weighted by atomic mass is 9.84. The lowest BCUT2D eigenvalue weighted by molar-refractivity contribution is -0.223. The Morgan fingerprint density at radius 2 is 1.07 bits per heavy atom. The van der Waals surface area contributed by atoms with Crippen LogP contribution in [0.5, 0.6) is 0 Å². The van der Waals surface area contributed by atoms with Crippen molar-refractivity contribution in [2.75, 3.05) is 0 Å². The Hall–Kier alpha value is -2.92. The van der Waals surface area contributed by atoms with E-state index in [-0.39, 0.29) is 11.1 Å². The zero-order chi connectivity index (χ0) is 20.3. The van der Waals surface area contributed by atoms with Crippen LogP contribution in [0.1, 0.15) is 20.7 Å². The minimum absolute atomic E-state index is 0.0519. The fraction of sp³-hybridized carbons (Fsp3) is 0.333. The minimum Gasteiger partial charge on any atom is -0.453 e. The number of rotatable bonds is 4. The SMILES string of the molecule is O=C(OC1[C@@H](O)[C@@H](O)C(OC(=O)c2cccnc2)[C@@H](O)[C@H]1O)c1cccnc1. The first-order chi connectivity index (χ1) is 13.4. The number of hydrogen-bond acceptors (Lipinski definition) is 10. The van der Waals surface area contributed by atoms with Crippen LogP contribution >= 0.6 is 0 Å². The molecule has 0 amide bonds. The molecular weight excluding hydrogens is 372 g/mol. The van der Waals surface area contributed by atoms with Crippen molar-refractivity contribution in [3.63, 3.8) is 0 Å². The molecule has 4 N–H and O–H groups in total. The van der Waals surface area contributed by atoms with Gasteiger partial charge in [-0.25, -0.2) is 9.59 Å². The second-order valence-corrected chi connectivity index (χ2v) is 6.19. The fourth-order valence-electron chi connectivity index (χ4n) is 2.81. The lowest BCUT2D eigenvalue weighted by Crippen LogP contribution is -2.65. The molecule has 2 unspecified atom stereocenters. The molecule has 10 nitrogen and oxygen atoms in total. The van der Waals surface area contributed by atoms with Crippen LogP contribution in [-0.4, -0.2) is 79.0 Å². The van der Waals surface area contributed by atoms with Crippen molar-refractivity contribution in [3.05, 3.63) is 60.2 Å². The van der Waals surface area contributed by atoms with E-state index in [4.69, 9.17) is 9.47 Å². The molecule has 2 heterocycles. The van der Waals surface area contributed by atoms with Crippen LogP contribution in [0.4, 0.5) is 0 Å². The van der Waals surface area contributed by atoms with Crippen LogP contribution in [0, 0.1) is 0 Å². The zero-order valence-corrected chi connectivity index (χ0v) is 14.4. The van der Waals surface area contributed by atoms with Crippen LogP contribution in [-0.2, 0) is 9.47 Å². The largest absolute Gasteiger partial charge is 0.453 e. The molecule has 148 valence electrons. The van der Waals surface area contributed by atoms with Gasteiger partial charge in [-0.3, -0.25) is 9.97 Å². The van der Waals surface area contributed by atoms with Crippen LogP contribution in [0.3, 0.4) is 0 Å². The topological polar surface area (TPSA) is 159 Å². The molecule has 2 aromatic heterocycles. The maximum Gasteiger partial charge on any atom is 0.340 e. The summed E-state index contributed by atoms with van der Waals surface area (Å²) in [5, 5.41) is 41.0. The Labute approximate surface area is 159 Å². The van der Waals surface area contributed by atoms with Crippen molar-refractivity contribution in [2.24, 2.45) is 0 Å². The average molecular weight is 390 g/mol. The van der Waals surface area contributed by atoms with Gasteiger partial charge in [0.25, 0.3) is 0 Å². The van der Waals surface area contributed by atoms with E-state index in [0.717, 1.165) is 0 Å². The summed E-state index contributed by atoms with van der Waals surface area (Å²) in [6.07, 6.45) is -5.24. The van der Waals surface area contributed by atoms with Gasteiger partial charge in [-0.2, -0.15) is 0 Å². The third kappa shape index (κ3) is 3.99. The van der Waals surface area contributed by atoms with Gasteiger partial charge in [0.2, 0.25) is 0 Å². The Bertz CT molecular complexity index is 733. The first kappa shape index (κ1) is 19.8. The lowest BCUT2D eigenvalue weighted by Gasteiger charge is -2.42. The molecule has 0 aliphatic heterocycles. The molecule has 1 fully saturated rings. The van der Waals surface area contributed by atoms with E-state index in [9.17, 15) is 30.0 Å². The van der Waals surface area contributed by atoms with Gasteiger partial charge in [0.15, 0.2) is 12.2 Å². The maximum atomic E-state index is 12.1. The highest BCUT2D eigenvalue weighted by molar-refractivity contribution is 5.89. The van der Waals surface area contributed by atoms with E-state index in [1.54, 1.807) is 0 Å². The van der Waals surface area contributed by atoms with Crippen LogP contribution in [0.2, 0.25) is 0 Å². The summed E-state index contributed by atoms with van der Waals surface area (Å²) in [5.41, 5.74) is 0.104. The predicted octanol–water partition coefficient (Wildman–Crippen LogP) is -1.32. The van der Waals surface area contributed by atoms with Crippen molar-refractivity contribution >= 4 is 11.9 Å².